The molecule has 1 N–H and O–H groups in total. The van der Waals surface area contributed by atoms with Crippen molar-refractivity contribution in [1.29, 1.82) is 0 Å². The summed E-state index contributed by atoms with van der Waals surface area (Å²) in [4.78, 5) is 0. The first-order valence-electron chi connectivity index (χ1n) is 4.40. The van der Waals surface area contributed by atoms with Crippen LogP contribution in [0.1, 0.15) is 27.2 Å². The molecule has 0 radical (unpaired) electrons. The monoisotopic (exact) mass is 152 g/mol. The lowest BCUT2D eigenvalue weighted by molar-refractivity contribution is -0.0760. The Labute approximate surface area is 68.1 Å². The standard InChI is InChI=1S/C10H16O/c1-6-4-9(11)8-5-7(6)10(8,2)3/h4,7-9,11H,5H2,1-3H3/t7-,8-,9?/m0/s1. The van der Waals surface area contributed by atoms with E-state index in [1.807, 2.05) is 6.08 Å². The van der Waals surface area contributed by atoms with E-state index in [4.69, 9.17) is 0 Å². The minimum Gasteiger partial charge on any atom is -0.389 e. The minimum atomic E-state index is -0.171. The summed E-state index contributed by atoms with van der Waals surface area (Å²) in [5.74, 6) is 1.27. The van der Waals surface area contributed by atoms with E-state index in [1.54, 1.807) is 0 Å². The number of fused-ring (bicyclic) bond motifs is 1. The van der Waals surface area contributed by atoms with Gasteiger partial charge in [-0.05, 0) is 30.6 Å². The molecule has 0 amide bonds. The quantitative estimate of drug-likeness (QED) is 0.526. The van der Waals surface area contributed by atoms with Gasteiger partial charge in [0.05, 0.1) is 6.10 Å². The van der Waals surface area contributed by atoms with Gasteiger partial charge in [-0.2, -0.15) is 0 Å². The Balaban J connectivity index is 2.34. The van der Waals surface area contributed by atoms with Crippen molar-refractivity contribution in [3.8, 4) is 0 Å². The molecule has 3 rings (SSSR count). The number of hydrogen-bond acceptors (Lipinski definition) is 1. The van der Waals surface area contributed by atoms with Crippen molar-refractivity contribution < 1.29 is 5.11 Å². The van der Waals surface area contributed by atoms with Crippen LogP contribution in [0.15, 0.2) is 11.6 Å². The number of aliphatic hydroxyl groups excluding tert-OH is 1. The largest absolute Gasteiger partial charge is 0.389 e. The summed E-state index contributed by atoms with van der Waals surface area (Å²) in [5, 5.41) is 9.65. The molecule has 1 saturated carbocycles. The first-order chi connectivity index (χ1) is 5.03. The van der Waals surface area contributed by atoms with Gasteiger partial charge in [-0.3, -0.25) is 0 Å². The van der Waals surface area contributed by atoms with Gasteiger partial charge in [0.1, 0.15) is 0 Å². The van der Waals surface area contributed by atoms with Crippen LogP contribution < -0.4 is 0 Å². The zero-order chi connectivity index (χ0) is 8.22. The summed E-state index contributed by atoms with van der Waals surface area (Å²) in [6.45, 7) is 6.68. The van der Waals surface area contributed by atoms with Crippen molar-refractivity contribution in [3.63, 3.8) is 0 Å². The van der Waals surface area contributed by atoms with Crippen LogP contribution in [0.4, 0.5) is 0 Å². The Hall–Kier alpha value is -0.300. The summed E-state index contributed by atoms with van der Waals surface area (Å²) >= 11 is 0. The van der Waals surface area contributed by atoms with Crippen molar-refractivity contribution in [3.05, 3.63) is 11.6 Å². The number of hydrogen-bond donors (Lipinski definition) is 1. The summed E-state index contributed by atoms with van der Waals surface area (Å²) in [6, 6.07) is 0. The third kappa shape index (κ3) is 0.750. The second kappa shape index (κ2) is 1.89. The van der Waals surface area contributed by atoms with E-state index < -0.39 is 0 Å². The molecule has 11 heavy (non-hydrogen) atoms. The fourth-order valence-electron chi connectivity index (χ4n) is 2.81. The van der Waals surface area contributed by atoms with Gasteiger partial charge in [-0.25, -0.2) is 0 Å². The van der Waals surface area contributed by atoms with Gasteiger partial charge in [-0.15, -0.1) is 0 Å². The van der Waals surface area contributed by atoms with E-state index in [2.05, 4.69) is 20.8 Å². The minimum absolute atomic E-state index is 0.171. The fraction of sp³-hybridized carbons (Fsp3) is 0.800. The van der Waals surface area contributed by atoms with Gasteiger partial charge in [0.15, 0.2) is 0 Å². The number of rotatable bonds is 0. The first kappa shape index (κ1) is 7.35. The second-order valence-electron chi connectivity index (χ2n) is 4.62. The third-order valence-electron chi connectivity index (χ3n) is 3.74. The molecular weight excluding hydrogens is 136 g/mol. The van der Waals surface area contributed by atoms with Crippen LogP contribution in [-0.4, -0.2) is 11.2 Å². The van der Waals surface area contributed by atoms with Crippen LogP contribution in [0.5, 0.6) is 0 Å². The highest BCUT2D eigenvalue weighted by atomic mass is 16.3. The van der Waals surface area contributed by atoms with Crippen LogP contribution in [0.3, 0.4) is 0 Å². The molecule has 0 aromatic carbocycles. The molecule has 1 fully saturated rings. The summed E-state index contributed by atoms with van der Waals surface area (Å²) < 4.78 is 0. The normalized spacial score (nSPS) is 46.2. The van der Waals surface area contributed by atoms with Crippen LogP contribution in [-0.2, 0) is 0 Å². The molecule has 0 aromatic rings. The average Bonchev–Trinajstić information content (AvgIpc) is 1.84. The lowest BCUT2D eigenvalue weighted by Crippen LogP contribution is -2.53. The Morgan fingerprint density at radius 1 is 1.55 bits per heavy atom. The first-order valence-corrected chi connectivity index (χ1v) is 4.40. The van der Waals surface area contributed by atoms with E-state index in [9.17, 15) is 5.11 Å². The smallest absolute Gasteiger partial charge is 0.0757 e. The topological polar surface area (TPSA) is 20.2 Å². The summed E-state index contributed by atoms with van der Waals surface area (Å²) in [7, 11) is 0. The lowest BCUT2D eigenvalue weighted by atomic mass is 9.48. The molecule has 1 unspecified atom stereocenters. The molecule has 3 aliphatic rings. The van der Waals surface area contributed by atoms with Gasteiger partial charge in [0.25, 0.3) is 0 Å². The van der Waals surface area contributed by atoms with Crippen molar-refractivity contribution in [2.75, 3.05) is 0 Å². The van der Waals surface area contributed by atoms with Gasteiger partial charge in [0.2, 0.25) is 0 Å². The lowest BCUT2D eigenvalue weighted by Gasteiger charge is -2.57. The highest BCUT2D eigenvalue weighted by Gasteiger charge is 2.53. The van der Waals surface area contributed by atoms with Crippen LogP contribution >= 0.6 is 0 Å². The van der Waals surface area contributed by atoms with Crippen molar-refractivity contribution >= 4 is 0 Å². The summed E-state index contributed by atoms with van der Waals surface area (Å²) in [5.41, 5.74) is 1.75. The molecule has 0 heterocycles. The molecule has 3 atom stereocenters. The molecule has 1 heteroatoms. The van der Waals surface area contributed by atoms with Crippen LogP contribution in [0.2, 0.25) is 0 Å². The van der Waals surface area contributed by atoms with E-state index in [1.165, 1.54) is 12.0 Å². The molecule has 0 aliphatic heterocycles. The zero-order valence-corrected chi connectivity index (χ0v) is 7.46. The van der Waals surface area contributed by atoms with Gasteiger partial charge < -0.3 is 5.11 Å². The molecule has 0 saturated heterocycles. The van der Waals surface area contributed by atoms with Crippen LogP contribution in [0, 0.1) is 17.3 Å². The SMILES string of the molecule is CC1=CC(O)[C@@H]2C[C@@H]1C2(C)C. The molecule has 62 valence electrons. The van der Waals surface area contributed by atoms with E-state index in [0.29, 0.717) is 11.3 Å². The van der Waals surface area contributed by atoms with E-state index >= 15 is 0 Å². The number of allylic oxidation sites excluding steroid dienone is 1. The van der Waals surface area contributed by atoms with Gasteiger partial charge in [0, 0.05) is 0 Å². The second-order valence-corrected chi connectivity index (χ2v) is 4.62. The summed E-state index contributed by atoms with van der Waals surface area (Å²) in [6.07, 6.45) is 3.07. The molecule has 3 aliphatic carbocycles. The Bertz CT molecular complexity index is 215. The Morgan fingerprint density at radius 2 is 2.18 bits per heavy atom. The van der Waals surface area contributed by atoms with E-state index in [-0.39, 0.29) is 6.10 Å². The third-order valence-corrected chi connectivity index (χ3v) is 3.74. The van der Waals surface area contributed by atoms with Crippen molar-refractivity contribution in [2.24, 2.45) is 17.3 Å². The van der Waals surface area contributed by atoms with Crippen molar-refractivity contribution in [1.82, 2.24) is 0 Å². The maximum Gasteiger partial charge on any atom is 0.0757 e. The predicted molar refractivity (Wildman–Crippen MR) is 45.1 cm³/mol. The maximum atomic E-state index is 9.65. The molecule has 2 bridgehead atoms. The van der Waals surface area contributed by atoms with Crippen LogP contribution in [0.25, 0.3) is 0 Å². The highest BCUT2D eigenvalue weighted by Crippen LogP contribution is 2.58. The Morgan fingerprint density at radius 3 is 2.55 bits per heavy atom. The molecular formula is C10H16O. The zero-order valence-electron chi connectivity index (χ0n) is 7.46. The highest BCUT2D eigenvalue weighted by molar-refractivity contribution is 5.24. The van der Waals surface area contributed by atoms with E-state index in [0.717, 1.165) is 5.92 Å². The van der Waals surface area contributed by atoms with Gasteiger partial charge >= 0.3 is 0 Å². The average molecular weight is 152 g/mol. The maximum absolute atomic E-state index is 9.65. The van der Waals surface area contributed by atoms with Crippen molar-refractivity contribution in [2.45, 2.75) is 33.3 Å². The molecule has 0 aromatic heterocycles. The number of aliphatic hydroxyl groups is 1. The molecule has 1 nitrogen and oxygen atoms in total. The van der Waals surface area contributed by atoms with Gasteiger partial charge in [-0.1, -0.05) is 25.5 Å². The predicted octanol–water partition coefficient (Wildman–Crippen LogP) is 1.97. The Kier molecular flexibility index (Phi) is 1.26. The fourth-order valence-corrected chi connectivity index (χ4v) is 2.81. The molecule has 0 spiro atoms.